The zero-order chi connectivity index (χ0) is 18.4. The Labute approximate surface area is 155 Å². The van der Waals surface area contributed by atoms with Crippen molar-refractivity contribution in [1.29, 1.82) is 0 Å². The summed E-state index contributed by atoms with van der Waals surface area (Å²) in [6.07, 6.45) is -1.25. The molecule has 0 spiro atoms. The number of amides is 2. The second-order valence-corrected chi connectivity index (χ2v) is 8.30. The first-order chi connectivity index (χ1) is 11.7. The van der Waals surface area contributed by atoms with Gasteiger partial charge in [0.05, 0.1) is 28.4 Å². The number of anilines is 1. The van der Waals surface area contributed by atoms with Crippen molar-refractivity contribution in [2.75, 3.05) is 11.9 Å². The van der Waals surface area contributed by atoms with Crippen molar-refractivity contribution < 1.29 is 18.3 Å². The predicted molar refractivity (Wildman–Crippen MR) is 95.5 cm³/mol. The quantitative estimate of drug-likeness (QED) is 0.823. The number of fused-ring (bicyclic) bond motifs is 1. The van der Waals surface area contributed by atoms with Crippen LogP contribution in [0.4, 0.5) is 10.5 Å². The maximum absolute atomic E-state index is 12.7. The highest BCUT2D eigenvalue weighted by Gasteiger charge is 2.37. The molecule has 2 amide bonds. The molecule has 0 saturated heterocycles. The van der Waals surface area contributed by atoms with Crippen LogP contribution in [0.5, 0.6) is 0 Å². The van der Waals surface area contributed by atoms with E-state index in [-0.39, 0.29) is 15.6 Å². The molecular formula is C16H14Cl2N2O4S. The summed E-state index contributed by atoms with van der Waals surface area (Å²) in [6, 6.07) is 8.27. The number of nitrogens with zero attached hydrogens (tertiary/aromatic N) is 1. The molecule has 2 aromatic carbocycles. The monoisotopic (exact) mass is 400 g/mol. The number of sulfonamides is 1. The minimum atomic E-state index is -4.07. The topological polar surface area (TPSA) is 86.7 Å². The van der Waals surface area contributed by atoms with E-state index in [1.807, 2.05) is 0 Å². The van der Waals surface area contributed by atoms with Gasteiger partial charge in [-0.2, -0.15) is 0 Å². The lowest BCUT2D eigenvalue weighted by Crippen LogP contribution is -2.45. The molecule has 25 heavy (non-hydrogen) atoms. The van der Waals surface area contributed by atoms with Crippen LogP contribution in [0.15, 0.2) is 41.3 Å². The summed E-state index contributed by atoms with van der Waals surface area (Å²) in [5.74, 6) is 0. The molecule has 3 rings (SSSR count). The van der Waals surface area contributed by atoms with E-state index >= 15 is 0 Å². The van der Waals surface area contributed by atoms with Crippen molar-refractivity contribution in [3.8, 4) is 0 Å². The standard InChI is InChI=1S/C16H14Cl2N2O4S/c1-9-2-5-15-13(6-9)19-16(22)20(25(15,23)24)8-14(21)10-3-4-11(17)12(18)7-10/h2-7,14,21H,8H2,1H3,(H,19,22)/t14-/m0/s1. The van der Waals surface area contributed by atoms with Crippen LogP contribution in [-0.4, -0.2) is 30.4 Å². The van der Waals surface area contributed by atoms with Crippen molar-refractivity contribution >= 4 is 44.9 Å². The first-order valence-electron chi connectivity index (χ1n) is 7.27. The molecule has 2 N–H and O–H groups in total. The number of nitrogens with one attached hydrogen (secondary N) is 1. The molecule has 0 aromatic heterocycles. The van der Waals surface area contributed by atoms with Crippen LogP contribution in [0.2, 0.25) is 10.0 Å². The zero-order valence-electron chi connectivity index (χ0n) is 13.0. The number of aryl methyl sites for hydroxylation is 1. The Balaban J connectivity index is 1.93. The lowest BCUT2D eigenvalue weighted by atomic mass is 10.1. The van der Waals surface area contributed by atoms with Crippen LogP contribution in [0.25, 0.3) is 0 Å². The highest BCUT2D eigenvalue weighted by atomic mass is 35.5. The number of carbonyl (C=O) groups is 1. The van der Waals surface area contributed by atoms with Crippen LogP contribution < -0.4 is 5.32 Å². The second-order valence-electron chi connectivity index (χ2n) is 5.66. The molecule has 9 heteroatoms. The number of carbonyl (C=O) groups excluding carboxylic acids is 1. The summed E-state index contributed by atoms with van der Waals surface area (Å²) in [7, 11) is -4.07. The van der Waals surface area contributed by atoms with Gasteiger partial charge in [0.1, 0.15) is 4.90 Å². The Morgan fingerprint density at radius 2 is 1.88 bits per heavy atom. The zero-order valence-corrected chi connectivity index (χ0v) is 15.4. The van der Waals surface area contributed by atoms with Gasteiger partial charge < -0.3 is 10.4 Å². The number of urea groups is 1. The van der Waals surface area contributed by atoms with Gasteiger partial charge in [-0.05, 0) is 42.3 Å². The van der Waals surface area contributed by atoms with E-state index in [2.05, 4.69) is 5.32 Å². The van der Waals surface area contributed by atoms with Gasteiger partial charge in [-0.25, -0.2) is 17.5 Å². The molecule has 0 unspecified atom stereocenters. The van der Waals surface area contributed by atoms with E-state index in [9.17, 15) is 18.3 Å². The maximum atomic E-state index is 12.7. The van der Waals surface area contributed by atoms with Crippen molar-refractivity contribution in [2.24, 2.45) is 0 Å². The fraction of sp³-hybridized carbons (Fsp3) is 0.188. The van der Waals surface area contributed by atoms with Crippen molar-refractivity contribution in [3.63, 3.8) is 0 Å². The second kappa shape index (κ2) is 6.49. The number of halogens is 2. The molecule has 1 aliphatic heterocycles. The molecule has 1 atom stereocenters. The summed E-state index contributed by atoms with van der Waals surface area (Å²) in [5, 5.41) is 13.4. The number of aliphatic hydroxyl groups excluding tert-OH is 1. The molecule has 0 saturated carbocycles. The van der Waals surface area contributed by atoms with Gasteiger partial charge in [0.15, 0.2) is 0 Å². The Kier molecular flexibility index (Phi) is 4.68. The van der Waals surface area contributed by atoms with E-state index in [4.69, 9.17) is 23.2 Å². The van der Waals surface area contributed by atoms with Crippen LogP contribution in [0, 0.1) is 6.92 Å². The van der Waals surface area contributed by atoms with Gasteiger partial charge in [-0.1, -0.05) is 35.3 Å². The Morgan fingerprint density at radius 1 is 1.16 bits per heavy atom. The lowest BCUT2D eigenvalue weighted by molar-refractivity contribution is 0.151. The third kappa shape index (κ3) is 3.32. The molecule has 1 aliphatic rings. The molecule has 0 fully saturated rings. The summed E-state index contributed by atoms with van der Waals surface area (Å²) in [4.78, 5) is 12.2. The minimum Gasteiger partial charge on any atom is -0.387 e. The molecule has 0 bridgehead atoms. The van der Waals surface area contributed by atoms with Gasteiger partial charge >= 0.3 is 6.03 Å². The van der Waals surface area contributed by atoms with E-state index < -0.39 is 28.7 Å². The normalized spacial score (nSPS) is 17.0. The highest BCUT2D eigenvalue weighted by molar-refractivity contribution is 7.90. The molecule has 6 nitrogen and oxygen atoms in total. The van der Waals surface area contributed by atoms with Crippen LogP contribution >= 0.6 is 23.2 Å². The number of hydrogen-bond donors (Lipinski definition) is 2. The Hall–Kier alpha value is -1.80. The molecule has 2 aromatic rings. The van der Waals surface area contributed by atoms with E-state index in [0.29, 0.717) is 14.9 Å². The SMILES string of the molecule is Cc1ccc2c(c1)NC(=O)N(C[C@H](O)c1ccc(Cl)c(Cl)c1)S2(=O)=O. The fourth-order valence-corrected chi connectivity index (χ4v) is 4.31. The van der Waals surface area contributed by atoms with Crippen LogP contribution in [-0.2, 0) is 10.0 Å². The summed E-state index contributed by atoms with van der Waals surface area (Å²) in [6.45, 7) is 1.35. The molecule has 0 aliphatic carbocycles. The average Bonchev–Trinajstić information content (AvgIpc) is 2.53. The minimum absolute atomic E-state index is 0.0148. The van der Waals surface area contributed by atoms with Gasteiger partial charge in [-0.3, -0.25) is 0 Å². The molecular weight excluding hydrogens is 387 g/mol. The van der Waals surface area contributed by atoms with Gasteiger partial charge in [0.2, 0.25) is 0 Å². The van der Waals surface area contributed by atoms with E-state index in [0.717, 1.165) is 5.56 Å². The first-order valence-corrected chi connectivity index (χ1v) is 9.47. The van der Waals surface area contributed by atoms with E-state index in [1.54, 1.807) is 19.1 Å². The number of aliphatic hydroxyl groups is 1. The van der Waals surface area contributed by atoms with Gasteiger partial charge in [-0.15, -0.1) is 0 Å². The Morgan fingerprint density at radius 3 is 2.56 bits per heavy atom. The van der Waals surface area contributed by atoms with Crippen LogP contribution in [0.1, 0.15) is 17.2 Å². The van der Waals surface area contributed by atoms with Crippen molar-refractivity contribution in [1.82, 2.24) is 4.31 Å². The molecule has 132 valence electrons. The lowest BCUT2D eigenvalue weighted by Gasteiger charge is -2.30. The number of rotatable bonds is 3. The first kappa shape index (κ1) is 18.0. The third-order valence-electron chi connectivity index (χ3n) is 3.84. The third-order valence-corrected chi connectivity index (χ3v) is 6.38. The average molecular weight is 401 g/mol. The molecule has 0 radical (unpaired) electrons. The smallest absolute Gasteiger partial charge is 0.335 e. The number of β-amino-alcohol motifs (C(OH)–C–C–N with tert-alkyl or cyclic N) is 1. The van der Waals surface area contributed by atoms with E-state index in [1.165, 1.54) is 24.3 Å². The van der Waals surface area contributed by atoms with Crippen molar-refractivity contribution in [2.45, 2.75) is 17.9 Å². The maximum Gasteiger partial charge on any atom is 0.335 e. The fourth-order valence-electron chi connectivity index (χ4n) is 2.54. The van der Waals surface area contributed by atoms with Crippen molar-refractivity contribution in [3.05, 3.63) is 57.6 Å². The van der Waals surface area contributed by atoms with Gasteiger partial charge in [0.25, 0.3) is 10.0 Å². The Bertz CT molecular complexity index is 963. The van der Waals surface area contributed by atoms with Gasteiger partial charge in [0, 0.05) is 0 Å². The highest BCUT2D eigenvalue weighted by Crippen LogP contribution is 2.33. The predicted octanol–water partition coefficient (Wildman–Crippen LogP) is 3.57. The molecule has 1 heterocycles. The number of hydrogen-bond acceptors (Lipinski definition) is 4. The number of benzene rings is 2. The largest absolute Gasteiger partial charge is 0.387 e. The summed E-state index contributed by atoms with van der Waals surface area (Å²) >= 11 is 11.7. The van der Waals surface area contributed by atoms with Crippen LogP contribution in [0.3, 0.4) is 0 Å². The summed E-state index contributed by atoms with van der Waals surface area (Å²) < 4.78 is 26.1. The summed E-state index contributed by atoms with van der Waals surface area (Å²) in [5.41, 5.74) is 1.40.